The molecule has 1 aromatic carbocycles. The van der Waals surface area contributed by atoms with Crippen LogP contribution in [0.2, 0.25) is 0 Å². The van der Waals surface area contributed by atoms with E-state index in [0.29, 0.717) is 17.0 Å². The monoisotopic (exact) mass is 341 g/mol. The average molecular weight is 341 g/mol. The maximum Gasteiger partial charge on any atom is 0.280 e. The summed E-state index contributed by atoms with van der Waals surface area (Å²) in [6.07, 6.45) is 4.21. The molecule has 0 aliphatic carbocycles. The van der Waals surface area contributed by atoms with Crippen LogP contribution in [0.5, 0.6) is 0 Å². The molecule has 0 spiro atoms. The van der Waals surface area contributed by atoms with Crippen molar-refractivity contribution in [2.45, 2.75) is 38.8 Å². The van der Waals surface area contributed by atoms with E-state index in [1.165, 1.54) is 42.8 Å². The van der Waals surface area contributed by atoms with Crippen molar-refractivity contribution >= 4 is 17.2 Å². The molecule has 3 fully saturated rings. The highest BCUT2D eigenvalue weighted by Gasteiger charge is 2.40. The van der Waals surface area contributed by atoms with E-state index in [0.717, 1.165) is 10.4 Å². The van der Waals surface area contributed by atoms with Gasteiger partial charge < -0.3 is 5.32 Å². The fourth-order valence-electron chi connectivity index (χ4n) is 4.11. The van der Waals surface area contributed by atoms with Crippen molar-refractivity contribution in [2.75, 3.05) is 13.1 Å². The molecule has 2 atom stereocenters. The van der Waals surface area contributed by atoms with Gasteiger partial charge in [0.25, 0.3) is 5.91 Å². The zero-order valence-corrected chi connectivity index (χ0v) is 15.0. The number of nitrogens with one attached hydrogen (secondary N) is 1. The molecule has 3 aliphatic heterocycles. The number of benzene rings is 1. The number of piperidine rings is 3. The summed E-state index contributed by atoms with van der Waals surface area (Å²) in [6, 6.07) is 8.91. The molecular weight excluding hydrogens is 318 g/mol. The van der Waals surface area contributed by atoms with Gasteiger partial charge in [-0.3, -0.25) is 9.69 Å². The van der Waals surface area contributed by atoms with Crippen molar-refractivity contribution in [2.24, 2.45) is 5.92 Å². The predicted molar refractivity (Wildman–Crippen MR) is 97.3 cm³/mol. The van der Waals surface area contributed by atoms with Crippen LogP contribution in [-0.2, 0) is 0 Å². The first kappa shape index (κ1) is 15.8. The lowest BCUT2D eigenvalue weighted by Crippen LogP contribution is -2.62. The van der Waals surface area contributed by atoms with E-state index in [1.807, 2.05) is 18.3 Å². The van der Waals surface area contributed by atoms with Gasteiger partial charge >= 0.3 is 0 Å². The van der Waals surface area contributed by atoms with Gasteiger partial charge in [-0.15, -0.1) is 11.3 Å². The summed E-state index contributed by atoms with van der Waals surface area (Å²) in [5, 5.41) is 3.83. The molecule has 5 heteroatoms. The molecule has 3 saturated heterocycles. The van der Waals surface area contributed by atoms with E-state index < -0.39 is 0 Å². The standard InChI is InChI=1S/C19H23N3OS/c1-12-5-3-4-6-15(12)16-11-20-19(24-16)18(23)21-17-13(2)22-9-7-14(17)8-10-22/h3-6,11,13-14,17H,7-10H2,1-2H3,(H,21,23). The van der Waals surface area contributed by atoms with Crippen LogP contribution < -0.4 is 5.32 Å². The summed E-state index contributed by atoms with van der Waals surface area (Å²) < 4.78 is 0. The quantitative estimate of drug-likeness (QED) is 0.931. The van der Waals surface area contributed by atoms with Gasteiger partial charge in [0.05, 0.1) is 4.88 Å². The maximum atomic E-state index is 12.7. The fourth-order valence-corrected chi connectivity index (χ4v) is 5.02. The van der Waals surface area contributed by atoms with Crippen molar-refractivity contribution in [3.63, 3.8) is 0 Å². The van der Waals surface area contributed by atoms with Crippen LogP contribution in [0, 0.1) is 12.8 Å². The predicted octanol–water partition coefficient (Wildman–Crippen LogP) is 3.33. The second kappa shape index (κ2) is 6.30. The van der Waals surface area contributed by atoms with Crippen LogP contribution in [0.25, 0.3) is 10.4 Å². The van der Waals surface area contributed by atoms with Gasteiger partial charge in [0.1, 0.15) is 0 Å². The number of carbonyl (C=O) groups excluding carboxylic acids is 1. The van der Waals surface area contributed by atoms with Gasteiger partial charge in [-0.1, -0.05) is 24.3 Å². The Kier molecular flexibility index (Phi) is 4.14. The molecule has 4 nitrogen and oxygen atoms in total. The van der Waals surface area contributed by atoms with Gasteiger partial charge in [0.15, 0.2) is 5.01 Å². The topological polar surface area (TPSA) is 45.2 Å². The van der Waals surface area contributed by atoms with Crippen LogP contribution in [0.1, 0.15) is 35.1 Å². The second-order valence-corrected chi connectivity index (χ2v) is 7.99. The van der Waals surface area contributed by atoms with Crippen molar-refractivity contribution in [3.05, 3.63) is 41.0 Å². The third kappa shape index (κ3) is 2.76. The Hall–Kier alpha value is -1.72. The van der Waals surface area contributed by atoms with E-state index in [2.05, 4.69) is 41.2 Å². The molecule has 1 aromatic heterocycles. The van der Waals surface area contributed by atoms with Crippen molar-refractivity contribution in [1.82, 2.24) is 15.2 Å². The highest BCUT2D eigenvalue weighted by Crippen LogP contribution is 2.33. The molecule has 2 bridgehead atoms. The zero-order valence-electron chi connectivity index (χ0n) is 14.2. The number of amides is 1. The Morgan fingerprint density at radius 2 is 2.04 bits per heavy atom. The Morgan fingerprint density at radius 1 is 1.29 bits per heavy atom. The number of nitrogens with zero attached hydrogens (tertiary/aromatic N) is 2. The van der Waals surface area contributed by atoms with Gasteiger partial charge in [-0.25, -0.2) is 4.98 Å². The van der Waals surface area contributed by atoms with Crippen LogP contribution in [0.3, 0.4) is 0 Å². The minimum Gasteiger partial charge on any atom is -0.345 e. The maximum absolute atomic E-state index is 12.7. The summed E-state index contributed by atoms with van der Waals surface area (Å²) in [5.41, 5.74) is 2.37. The van der Waals surface area contributed by atoms with Crippen LogP contribution in [0.4, 0.5) is 0 Å². The number of carbonyl (C=O) groups is 1. The van der Waals surface area contributed by atoms with Gasteiger partial charge in [0, 0.05) is 18.3 Å². The van der Waals surface area contributed by atoms with Crippen molar-refractivity contribution in [3.8, 4) is 10.4 Å². The highest BCUT2D eigenvalue weighted by atomic mass is 32.1. The minimum atomic E-state index is -0.0227. The van der Waals surface area contributed by atoms with Crippen molar-refractivity contribution in [1.29, 1.82) is 0 Å². The molecule has 126 valence electrons. The summed E-state index contributed by atoms with van der Waals surface area (Å²) in [4.78, 5) is 20.6. The van der Waals surface area contributed by atoms with Crippen LogP contribution in [0.15, 0.2) is 30.5 Å². The minimum absolute atomic E-state index is 0.0227. The number of hydrogen-bond acceptors (Lipinski definition) is 4. The SMILES string of the molecule is Cc1ccccc1-c1cnc(C(=O)NC2C3CCN(CC3)C2C)s1. The van der Waals surface area contributed by atoms with E-state index in [9.17, 15) is 4.79 Å². The van der Waals surface area contributed by atoms with Gasteiger partial charge in [0.2, 0.25) is 0 Å². The Labute approximate surface area is 146 Å². The Bertz CT molecular complexity index is 747. The average Bonchev–Trinajstić information content (AvgIpc) is 3.09. The lowest BCUT2D eigenvalue weighted by molar-refractivity contribution is 0.0217. The molecule has 0 saturated carbocycles. The highest BCUT2D eigenvalue weighted by molar-refractivity contribution is 7.17. The van der Waals surface area contributed by atoms with Gasteiger partial charge in [-0.05, 0) is 56.8 Å². The third-order valence-electron chi connectivity index (χ3n) is 5.59. The number of thiazole rings is 1. The van der Waals surface area contributed by atoms with E-state index in [4.69, 9.17) is 0 Å². The molecule has 4 heterocycles. The summed E-state index contributed by atoms with van der Waals surface area (Å²) in [7, 11) is 0. The Morgan fingerprint density at radius 3 is 2.75 bits per heavy atom. The molecule has 1 amide bonds. The first-order chi connectivity index (χ1) is 11.6. The fraction of sp³-hybridized carbons (Fsp3) is 0.474. The molecule has 2 aromatic rings. The van der Waals surface area contributed by atoms with Crippen molar-refractivity contribution < 1.29 is 4.79 Å². The van der Waals surface area contributed by atoms with E-state index in [1.54, 1.807) is 0 Å². The molecule has 1 N–H and O–H groups in total. The summed E-state index contributed by atoms with van der Waals surface area (Å²) >= 11 is 1.48. The van der Waals surface area contributed by atoms with Crippen LogP contribution >= 0.6 is 11.3 Å². The first-order valence-electron chi connectivity index (χ1n) is 8.70. The summed E-state index contributed by atoms with van der Waals surface area (Å²) in [5.74, 6) is 0.593. The second-order valence-electron chi connectivity index (χ2n) is 6.96. The number of rotatable bonds is 3. The van der Waals surface area contributed by atoms with Gasteiger partial charge in [-0.2, -0.15) is 0 Å². The lowest BCUT2D eigenvalue weighted by atomic mass is 9.79. The first-order valence-corrected chi connectivity index (χ1v) is 9.52. The molecule has 0 radical (unpaired) electrons. The molecule has 3 aliphatic rings. The number of fused-ring (bicyclic) bond motifs is 3. The largest absolute Gasteiger partial charge is 0.345 e. The molecular formula is C19H23N3OS. The molecule has 2 unspecified atom stereocenters. The number of aromatic nitrogens is 1. The van der Waals surface area contributed by atoms with E-state index in [-0.39, 0.29) is 11.9 Å². The smallest absolute Gasteiger partial charge is 0.280 e. The zero-order chi connectivity index (χ0) is 16.7. The third-order valence-corrected chi connectivity index (χ3v) is 6.62. The normalized spacial score (nSPS) is 28.8. The molecule has 24 heavy (non-hydrogen) atoms. The molecule has 5 rings (SSSR count). The Balaban J connectivity index is 1.51. The number of aryl methyl sites for hydroxylation is 1. The summed E-state index contributed by atoms with van der Waals surface area (Å²) in [6.45, 7) is 6.67. The van der Waals surface area contributed by atoms with E-state index >= 15 is 0 Å². The lowest BCUT2D eigenvalue weighted by Gasteiger charge is -2.49. The van der Waals surface area contributed by atoms with Crippen LogP contribution in [-0.4, -0.2) is 41.0 Å². The number of hydrogen-bond donors (Lipinski definition) is 1.